The van der Waals surface area contributed by atoms with Crippen molar-refractivity contribution < 1.29 is 4.79 Å². The number of nitrogens with zero attached hydrogens (tertiary/aromatic N) is 1. The van der Waals surface area contributed by atoms with Crippen LogP contribution in [-0.4, -0.2) is 17.1 Å². The summed E-state index contributed by atoms with van der Waals surface area (Å²) in [5.74, 6) is 0. The van der Waals surface area contributed by atoms with Gasteiger partial charge in [-0.25, -0.2) is 9.78 Å². The number of nitrogens with one attached hydrogen (secondary N) is 2. The molecule has 1 aliphatic carbocycles. The average Bonchev–Trinajstić information content (AvgIpc) is 3.11. The number of aromatic nitrogens is 1. The van der Waals surface area contributed by atoms with Crippen LogP contribution in [0.4, 0.5) is 9.93 Å². The Morgan fingerprint density at radius 2 is 1.95 bits per heavy atom. The van der Waals surface area contributed by atoms with Crippen LogP contribution in [-0.2, 0) is 0 Å². The van der Waals surface area contributed by atoms with E-state index in [1.807, 2.05) is 17.5 Å². The van der Waals surface area contributed by atoms with Crippen LogP contribution in [0.5, 0.6) is 0 Å². The third kappa shape index (κ3) is 3.94. The normalized spacial score (nSPS) is 15.1. The van der Waals surface area contributed by atoms with Crippen molar-refractivity contribution in [1.82, 2.24) is 10.3 Å². The summed E-state index contributed by atoms with van der Waals surface area (Å²) in [6, 6.07) is 8.36. The molecule has 1 aliphatic rings. The standard InChI is InChI=1S/C15H16IN3OS/c16-11-7-5-10(6-8-11)13-9-21-15(18-13)19-14(20)17-12-3-1-2-4-12/h5-9,12H,1-4H2,(H2,17,18,19,20). The molecule has 1 aromatic heterocycles. The van der Waals surface area contributed by atoms with E-state index < -0.39 is 0 Å². The Morgan fingerprint density at radius 3 is 2.67 bits per heavy atom. The van der Waals surface area contributed by atoms with Gasteiger partial charge in [-0.3, -0.25) is 5.32 Å². The monoisotopic (exact) mass is 413 g/mol. The fraction of sp³-hybridized carbons (Fsp3) is 0.333. The van der Waals surface area contributed by atoms with Gasteiger partial charge in [-0.15, -0.1) is 11.3 Å². The molecule has 0 unspecified atom stereocenters. The summed E-state index contributed by atoms with van der Waals surface area (Å²) in [7, 11) is 0. The first-order valence-corrected chi connectivity index (χ1v) is 8.95. The molecule has 110 valence electrons. The molecular formula is C15H16IN3OS. The molecule has 0 spiro atoms. The van der Waals surface area contributed by atoms with Crippen LogP contribution in [0.2, 0.25) is 0 Å². The quantitative estimate of drug-likeness (QED) is 0.730. The van der Waals surface area contributed by atoms with Gasteiger partial charge >= 0.3 is 6.03 Å². The fourth-order valence-corrected chi connectivity index (χ4v) is 3.55. The first-order valence-electron chi connectivity index (χ1n) is 7.00. The van der Waals surface area contributed by atoms with Gasteiger partial charge in [-0.05, 0) is 47.6 Å². The average molecular weight is 413 g/mol. The highest BCUT2D eigenvalue weighted by Crippen LogP contribution is 2.25. The maximum Gasteiger partial charge on any atom is 0.321 e. The van der Waals surface area contributed by atoms with Crippen molar-refractivity contribution in [2.45, 2.75) is 31.7 Å². The molecule has 4 nitrogen and oxygen atoms in total. The molecule has 1 saturated carbocycles. The molecule has 0 saturated heterocycles. The van der Waals surface area contributed by atoms with E-state index >= 15 is 0 Å². The van der Waals surface area contributed by atoms with Crippen molar-refractivity contribution in [3.63, 3.8) is 0 Å². The SMILES string of the molecule is O=C(Nc1nc(-c2ccc(I)cc2)cs1)NC1CCCC1. The Hall–Kier alpha value is -1.15. The smallest absolute Gasteiger partial charge is 0.321 e. The third-order valence-electron chi connectivity index (χ3n) is 3.56. The molecule has 6 heteroatoms. The van der Waals surface area contributed by atoms with Crippen molar-refractivity contribution >= 4 is 45.1 Å². The van der Waals surface area contributed by atoms with Crippen molar-refractivity contribution in [2.75, 3.05) is 5.32 Å². The number of halogens is 1. The van der Waals surface area contributed by atoms with E-state index in [1.165, 1.54) is 27.7 Å². The predicted octanol–water partition coefficient (Wildman–Crippen LogP) is 4.48. The molecule has 3 rings (SSSR count). The Labute approximate surface area is 141 Å². The first-order chi connectivity index (χ1) is 10.2. The topological polar surface area (TPSA) is 54.0 Å². The summed E-state index contributed by atoms with van der Waals surface area (Å²) in [6.07, 6.45) is 4.58. The van der Waals surface area contributed by atoms with Gasteiger partial charge < -0.3 is 5.32 Å². The maximum absolute atomic E-state index is 11.9. The molecule has 2 aromatic rings. The first kappa shape index (κ1) is 14.8. The lowest BCUT2D eigenvalue weighted by Gasteiger charge is -2.11. The second-order valence-corrected chi connectivity index (χ2v) is 7.23. The fourth-order valence-electron chi connectivity index (χ4n) is 2.47. The lowest BCUT2D eigenvalue weighted by molar-refractivity contribution is 0.248. The molecule has 1 heterocycles. The van der Waals surface area contributed by atoms with Gasteiger partial charge in [0, 0.05) is 20.6 Å². The number of carbonyl (C=O) groups is 1. The largest absolute Gasteiger partial charge is 0.335 e. The molecule has 0 radical (unpaired) electrons. The van der Waals surface area contributed by atoms with Gasteiger partial charge in [0.25, 0.3) is 0 Å². The zero-order valence-electron chi connectivity index (χ0n) is 11.4. The zero-order chi connectivity index (χ0) is 14.7. The minimum atomic E-state index is -0.148. The molecule has 21 heavy (non-hydrogen) atoms. The Morgan fingerprint density at radius 1 is 1.24 bits per heavy atom. The zero-order valence-corrected chi connectivity index (χ0v) is 14.4. The van der Waals surface area contributed by atoms with Crippen molar-refractivity contribution in [3.8, 4) is 11.3 Å². The van der Waals surface area contributed by atoms with Crippen LogP contribution in [0.15, 0.2) is 29.6 Å². The molecular weight excluding hydrogens is 397 g/mol. The number of amides is 2. The van der Waals surface area contributed by atoms with E-state index in [2.05, 4.69) is 50.3 Å². The summed E-state index contributed by atoms with van der Waals surface area (Å²) in [6.45, 7) is 0. The van der Waals surface area contributed by atoms with Gasteiger partial charge in [-0.2, -0.15) is 0 Å². The minimum absolute atomic E-state index is 0.148. The maximum atomic E-state index is 11.9. The Bertz CT molecular complexity index is 620. The third-order valence-corrected chi connectivity index (χ3v) is 5.03. The number of thiazole rings is 1. The van der Waals surface area contributed by atoms with Crippen molar-refractivity contribution in [3.05, 3.63) is 33.2 Å². The summed E-state index contributed by atoms with van der Waals surface area (Å²) in [5.41, 5.74) is 1.96. The van der Waals surface area contributed by atoms with Gasteiger partial charge in [0.15, 0.2) is 5.13 Å². The molecule has 2 N–H and O–H groups in total. The molecule has 0 bridgehead atoms. The van der Waals surface area contributed by atoms with Crippen molar-refractivity contribution in [2.24, 2.45) is 0 Å². The lowest BCUT2D eigenvalue weighted by atomic mass is 10.2. The number of urea groups is 1. The van der Waals surface area contributed by atoms with Gasteiger partial charge in [0.05, 0.1) is 5.69 Å². The van der Waals surface area contributed by atoms with E-state index in [0.29, 0.717) is 11.2 Å². The number of anilines is 1. The van der Waals surface area contributed by atoms with Crippen LogP contribution in [0, 0.1) is 3.57 Å². The number of rotatable bonds is 3. The number of hydrogen-bond donors (Lipinski definition) is 2. The second kappa shape index (κ2) is 6.74. The lowest BCUT2D eigenvalue weighted by Crippen LogP contribution is -2.36. The Balaban J connectivity index is 1.61. The molecule has 1 fully saturated rings. The van der Waals surface area contributed by atoms with Crippen LogP contribution >= 0.6 is 33.9 Å². The van der Waals surface area contributed by atoms with E-state index in [-0.39, 0.29) is 6.03 Å². The van der Waals surface area contributed by atoms with E-state index in [4.69, 9.17) is 0 Å². The van der Waals surface area contributed by atoms with Crippen LogP contribution < -0.4 is 10.6 Å². The van der Waals surface area contributed by atoms with Crippen molar-refractivity contribution in [1.29, 1.82) is 0 Å². The Kier molecular flexibility index (Phi) is 4.74. The predicted molar refractivity (Wildman–Crippen MR) is 94.7 cm³/mol. The summed E-state index contributed by atoms with van der Waals surface area (Å²) < 4.78 is 1.20. The summed E-state index contributed by atoms with van der Waals surface area (Å²) in [4.78, 5) is 16.4. The summed E-state index contributed by atoms with van der Waals surface area (Å²) in [5, 5.41) is 8.43. The van der Waals surface area contributed by atoms with E-state index in [9.17, 15) is 4.79 Å². The van der Waals surface area contributed by atoms with Crippen LogP contribution in [0.3, 0.4) is 0 Å². The second-order valence-electron chi connectivity index (χ2n) is 5.12. The van der Waals surface area contributed by atoms with E-state index in [0.717, 1.165) is 24.1 Å². The highest BCUT2D eigenvalue weighted by molar-refractivity contribution is 14.1. The van der Waals surface area contributed by atoms with Gasteiger partial charge in [0.2, 0.25) is 0 Å². The van der Waals surface area contributed by atoms with E-state index in [1.54, 1.807) is 0 Å². The molecule has 2 amide bonds. The molecule has 0 aliphatic heterocycles. The summed E-state index contributed by atoms with van der Waals surface area (Å²) >= 11 is 3.73. The highest BCUT2D eigenvalue weighted by atomic mass is 127. The van der Waals surface area contributed by atoms with Crippen LogP contribution in [0.25, 0.3) is 11.3 Å². The highest BCUT2D eigenvalue weighted by Gasteiger charge is 2.17. The van der Waals surface area contributed by atoms with Gasteiger partial charge in [-0.1, -0.05) is 25.0 Å². The number of benzene rings is 1. The number of carbonyl (C=O) groups excluding carboxylic acids is 1. The minimum Gasteiger partial charge on any atom is -0.335 e. The van der Waals surface area contributed by atoms with Crippen LogP contribution in [0.1, 0.15) is 25.7 Å². The molecule has 0 atom stereocenters. The van der Waals surface area contributed by atoms with Gasteiger partial charge in [0.1, 0.15) is 0 Å². The number of hydrogen-bond acceptors (Lipinski definition) is 3. The molecule has 1 aromatic carbocycles.